The molecule has 0 aliphatic carbocycles. The Labute approximate surface area is 77.5 Å². The molecule has 0 saturated heterocycles. The molecule has 0 aromatic carbocycles. The number of nitrogens with two attached hydrogens (primary N) is 2. The summed E-state index contributed by atoms with van der Waals surface area (Å²) in [7, 11) is 0. The van der Waals surface area contributed by atoms with Crippen LogP contribution < -0.4 is 11.5 Å². The molecule has 4 N–H and O–H groups in total. The van der Waals surface area contributed by atoms with Gasteiger partial charge in [-0.05, 0) is 25.9 Å². The Morgan fingerprint density at radius 1 is 1.15 bits per heavy atom. The fourth-order valence-electron chi connectivity index (χ4n) is 0.414. The van der Waals surface area contributed by atoms with Crippen molar-refractivity contribution in [2.75, 3.05) is 13.1 Å². The summed E-state index contributed by atoms with van der Waals surface area (Å²) in [6, 6.07) is 0. The molecule has 0 spiro atoms. The quantitative estimate of drug-likeness (QED) is 0.731. The van der Waals surface area contributed by atoms with Gasteiger partial charge in [0.25, 0.3) is 0 Å². The van der Waals surface area contributed by atoms with Crippen LogP contribution in [-0.4, -0.2) is 19.3 Å². The maximum atomic E-state index is 11.6. The van der Waals surface area contributed by atoms with Gasteiger partial charge in [0.15, 0.2) is 0 Å². The van der Waals surface area contributed by atoms with Crippen molar-refractivity contribution in [3.8, 4) is 0 Å². The van der Waals surface area contributed by atoms with Crippen LogP contribution in [0, 0.1) is 5.92 Å². The summed E-state index contributed by atoms with van der Waals surface area (Å²) in [5.41, 5.74) is 9.95. The number of hydrogen-bond donors (Lipinski definition) is 2. The molecule has 13 heavy (non-hydrogen) atoms. The Morgan fingerprint density at radius 2 is 1.54 bits per heavy atom. The van der Waals surface area contributed by atoms with Crippen LogP contribution in [0.1, 0.15) is 26.7 Å². The lowest BCUT2D eigenvalue weighted by Crippen LogP contribution is -2.22. The zero-order valence-corrected chi connectivity index (χ0v) is 8.19. The van der Waals surface area contributed by atoms with Crippen molar-refractivity contribution in [2.24, 2.45) is 17.4 Å². The van der Waals surface area contributed by atoms with Crippen LogP contribution in [0.3, 0.4) is 0 Å². The minimum absolute atomic E-state index is 0.0174. The SMILES string of the molecule is CC(CCN)C(F)(F)F.CCCN. The lowest BCUT2D eigenvalue weighted by molar-refractivity contribution is -0.170. The Kier molecular flexibility index (Phi) is 9.72. The first kappa shape index (κ1) is 15.2. The number of hydrogen-bond acceptors (Lipinski definition) is 2. The van der Waals surface area contributed by atoms with E-state index in [9.17, 15) is 13.2 Å². The van der Waals surface area contributed by atoms with Crippen LogP contribution in [0.2, 0.25) is 0 Å². The van der Waals surface area contributed by atoms with Gasteiger partial charge in [-0.1, -0.05) is 13.8 Å². The summed E-state index contributed by atoms with van der Waals surface area (Å²) in [6.45, 7) is 4.10. The van der Waals surface area contributed by atoms with Crippen molar-refractivity contribution < 1.29 is 13.2 Å². The predicted octanol–water partition coefficient (Wildman–Crippen LogP) is 1.89. The first-order valence-electron chi connectivity index (χ1n) is 4.36. The molecule has 1 unspecified atom stereocenters. The zero-order valence-electron chi connectivity index (χ0n) is 8.19. The molecule has 0 rings (SSSR count). The maximum absolute atomic E-state index is 11.6. The van der Waals surface area contributed by atoms with E-state index in [-0.39, 0.29) is 13.0 Å². The van der Waals surface area contributed by atoms with Gasteiger partial charge >= 0.3 is 6.18 Å². The summed E-state index contributed by atoms with van der Waals surface area (Å²) in [5, 5.41) is 0. The molecule has 0 saturated carbocycles. The molecule has 0 aromatic heterocycles. The summed E-state index contributed by atoms with van der Waals surface area (Å²) in [6.07, 6.45) is -2.96. The van der Waals surface area contributed by atoms with Gasteiger partial charge in [-0.3, -0.25) is 0 Å². The van der Waals surface area contributed by atoms with E-state index >= 15 is 0 Å². The topological polar surface area (TPSA) is 52.0 Å². The van der Waals surface area contributed by atoms with Crippen LogP contribution >= 0.6 is 0 Å². The third kappa shape index (κ3) is 11.7. The summed E-state index contributed by atoms with van der Waals surface area (Å²) in [4.78, 5) is 0. The van der Waals surface area contributed by atoms with Crippen LogP contribution in [0.25, 0.3) is 0 Å². The zero-order chi connectivity index (χ0) is 10.9. The van der Waals surface area contributed by atoms with Crippen molar-refractivity contribution in [1.82, 2.24) is 0 Å². The summed E-state index contributed by atoms with van der Waals surface area (Å²) < 4.78 is 34.7. The smallest absolute Gasteiger partial charge is 0.330 e. The van der Waals surface area contributed by atoms with Crippen molar-refractivity contribution in [2.45, 2.75) is 32.9 Å². The molecule has 1 atom stereocenters. The Hall–Kier alpha value is -0.290. The monoisotopic (exact) mass is 200 g/mol. The molecule has 2 nitrogen and oxygen atoms in total. The largest absolute Gasteiger partial charge is 0.391 e. The van der Waals surface area contributed by atoms with Crippen molar-refractivity contribution in [3.05, 3.63) is 0 Å². The first-order chi connectivity index (χ1) is 5.90. The summed E-state index contributed by atoms with van der Waals surface area (Å²) in [5.74, 6) is -1.26. The highest BCUT2D eigenvalue weighted by Crippen LogP contribution is 2.27. The Balaban J connectivity index is 0. The van der Waals surface area contributed by atoms with Gasteiger partial charge in [-0.2, -0.15) is 13.2 Å². The highest BCUT2D eigenvalue weighted by molar-refractivity contribution is 4.61. The van der Waals surface area contributed by atoms with E-state index < -0.39 is 12.1 Å². The Morgan fingerprint density at radius 3 is 1.62 bits per heavy atom. The third-order valence-corrected chi connectivity index (χ3v) is 1.45. The minimum atomic E-state index is -4.07. The second-order valence-corrected chi connectivity index (χ2v) is 2.81. The summed E-state index contributed by atoms with van der Waals surface area (Å²) >= 11 is 0. The van der Waals surface area contributed by atoms with Gasteiger partial charge in [0.2, 0.25) is 0 Å². The van der Waals surface area contributed by atoms with Gasteiger partial charge in [0.1, 0.15) is 0 Å². The Bertz CT molecular complexity index is 102. The lowest BCUT2D eigenvalue weighted by atomic mass is 10.1. The molecule has 0 aromatic rings. The van der Waals surface area contributed by atoms with E-state index in [1.807, 2.05) is 0 Å². The van der Waals surface area contributed by atoms with E-state index in [4.69, 9.17) is 11.5 Å². The fraction of sp³-hybridized carbons (Fsp3) is 1.00. The normalized spacial score (nSPS) is 13.2. The van der Waals surface area contributed by atoms with Gasteiger partial charge < -0.3 is 11.5 Å². The van der Waals surface area contributed by atoms with Crippen LogP contribution in [0.5, 0.6) is 0 Å². The first-order valence-corrected chi connectivity index (χ1v) is 4.36. The molecule has 0 amide bonds. The van der Waals surface area contributed by atoms with E-state index in [2.05, 4.69) is 6.92 Å². The average molecular weight is 200 g/mol. The molecular weight excluding hydrogens is 181 g/mol. The third-order valence-electron chi connectivity index (χ3n) is 1.45. The molecule has 0 bridgehead atoms. The van der Waals surface area contributed by atoms with E-state index in [1.165, 1.54) is 0 Å². The van der Waals surface area contributed by atoms with Gasteiger partial charge in [0, 0.05) is 0 Å². The molecule has 0 heterocycles. The van der Waals surface area contributed by atoms with Gasteiger partial charge in [-0.15, -0.1) is 0 Å². The van der Waals surface area contributed by atoms with E-state index in [1.54, 1.807) is 0 Å². The van der Waals surface area contributed by atoms with Crippen LogP contribution in [0.15, 0.2) is 0 Å². The minimum Gasteiger partial charge on any atom is -0.330 e. The second kappa shape index (κ2) is 8.31. The van der Waals surface area contributed by atoms with Crippen LogP contribution in [0.4, 0.5) is 13.2 Å². The molecule has 0 radical (unpaired) electrons. The number of alkyl halides is 3. The van der Waals surface area contributed by atoms with Crippen LogP contribution in [-0.2, 0) is 0 Å². The molecule has 5 heteroatoms. The molecule has 0 fully saturated rings. The average Bonchev–Trinajstić information content (AvgIpc) is 2.04. The molecule has 0 aliphatic heterocycles. The highest BCUT2D eigenvalue weighted by atomic mass is 19.4. The van der Waals surface area contributed by atoms with E-state index in [0.717, 1.165) is 19.9 Å². The van der Waals surface area contributed by atoms with E-state index in [0.29, 0.717) is 0 Å². The predicted molar refractivity (Wildman–Crippen MR) is 48.2 cm³/mol. The second-order valence-electron chi connectivity index (χ2n) is 2.81. The number of halogens is 3. The maximum Gasteiger partial charge on any atom is 0.391 e. The van der Waals surface area contributed by atoms with Gasteiger partial charge in [0.05, 0.1) is 5.92 Å². The fourth-order valence-corrected chi connectivity index (χ4v) is 0.414. The van der Waals surface area contributed by atoms with Crippen molar-refractivity contribution >= 4 is 0 Å². The molecular formula is C8H19F3N2. The lowest BCUT2D eigenvalue weighted by Gasteiger charge is -2.13. The van der Waals surface area contributed by atoms with Crippen molar-refractivity contribution in [1.29, 1.82) is 0 Å². The number of rotatable bonds is 3. The molecule has 82 valence electrons. The highest BCUT2D eigenvalue weighted by Gasteiger charge is 2.34. The molecule has 0 aliphatic rings. The van der Waals surface area contributed by atoms with Crippen molar-refractivity contribution in [3.63, 3.8) is 0 Å². The van der Waals surface area contributed by atoms with Gasteiger partial charge in [-0.25, -0.2) is 0 Å². The standard InChI is InChI=1S/C5H10F3N.C3H9N/c1-4(2-3-9)5(6,7)8;1-2-3-4/h4H,2-3,9H2,1H3;2-4H2,1H3.